The number of aryl methyl sites for hydroxylation is 1. The van der Waals surface area contributed by atoms with Crippen molar-refractivity contribution < 1.29 is 29.3 Å². The minimum Gasteiger partial charge on any atom is -0.507 e. The molecule has 1 unspecified atom stereocenters. The van der Waals surface area contributed by atoms with E-state index in [-0.39, 0.29) is 27.9 Å². The Balaban J connectivity index is 1.60. The van der Waals surface area contributed by atoms with Gasteiger partial charge < -0.3 is 19.7 Å². The van der Waals surface area contributed by atoms with E-state index in [9.17, 15) is 19.8 Å². The molecule has 1 fully saturated rings. The number of hydrogen-bond acceptors (Lipinski definition) is 6. The molecule has 8 heteroatoms. The van der Waals surface area contributed by atoms with Crippen LogP contribution in [0.15, 0.2) is 96.6 Å². The number of aromatic hydroxyl groups is 1. The molecule has 0 spiro atoms. The number of ether oxygens (including phenoxy) is 2. The van der Waals surface area contributed by atoms with E-state index in [1.165, 1.54) is 24.1 Å². The minimum atomic E-state index is -1.04. The van der Waals surface area contributed by atoms with Crippen LogP contribution in [0, 0.1) is 6.92 Å². The Morgan fingerprint density at radius 3 is 2.25 bits per heavy atom. The molecule has 4 aromatic rings. The molecule has 0 aromatic heterocycles. The fourth-order valence-electron chi connectivity index (χ4n) is 4.76. The molecule has 5 rings (SSSR count). The molecule has 1 saturated heterocycles. The average molecular weight is 556 g/mol. The van der Waals surface area contributed by atoms with Crippen LogP contribution in [0.1, 0.15) is 28.3 Å². The van der Waals surface area contributed by atoms with E-state index in [4.69, 9.17) is 21.1 Å². The maximum Gasteiger partial charge on any atom is 0.300 e. The summed E-state index contributed by atoms with van der Waals surface area (Å²) in [6.45, 7) is 2.21. The Hall–Kier alpha value is -4.75. The van der Waals surface area contributed by atoms with Crippen molar-refractivity contribution in [3.05, 3.63) is 124 Å². The van der Waals surface area contributed by atoms with Crippen molar-refractivity contribution in [2.45, 2.75) is 19.6 Å². The molecule has 1 aliphatic heterocycles. The van der Waals surface area contributed by atoms with Crippen LogP contribution in [0.3, 0.4) is 0 Å². The molecule has 0 saturated carbocycles. The molecule has 2 N–H and O–H groups in total. The third-order valence-electron chi connectivity index (χ3n) is 6.75. The van der Waals surface area contributed by atoms with Crippen LogP contribution in [-0.4, -0.2) is 29.0 Å². The maximum atomic E-state index is 13.5. The number of carbonyl (C=O) groups is 2. The summed E-state index contributed by atoms with van der Waals surface area (Å²) in [4.78, 5) is 28.1. The fraction of sp³-hybridized carbons (Fsp3) is 0.125. The number of ketones is 1. The Morgan fingerprint density at radius 2 is 1.60 bits per heavy atom. The molecule has 40 heavy (non-hydrogen) atoms. The number of phenols is 1. The van der Waals surface area contributed by atoms with Gasteiger partial charge in [0, 0.05) is 11.3 Å². The zero-order chi connectivity index (χ0) is 28.4. The zero-order valence-corrected chi connectivity index (χ0v) is 22.6. The molecule has 1 amide bonds. The molecule has 0 radical (unpaired) electrons. The van der Waals surface area contributed by atoms with Crippen LogP contribution in [0.5, 0.6) is 17.2 Å². The van der Waals surface area contributed by atoms with Gasteiger partial charge >= 0.3 is 0 Å². The highest BCUT2D eigenvalue weighted by Crippen LogP contribution is 2.46. The summed E-state index contributed by atoms with van der Waals surface area (Å²) >= 11 is 6.29. The van der Waals surface area contributed by atoms with Crippen molar-refractivity contribution in [3.63, 3.8) is 0 Å². The lowest BCUT2D eigenvalue weighted by Gasteiger charge is -2.26. The van der Waals surface area contributed by atoms with Crippen molar-refractivity contribution in [3.8, 4) is 17.2 Å². The third-order valence-corrected chi connectivity index (χ3v) is 7.04. The lowest BCUT2D eigenvalue weighted by Crippen LogP contribution is -2.29. The van der Waals surface area contributed by atoms with Gasteiger partial charge in [0.1, 0.15) is 18.1 Å². The van der Waals surface area contributed by atoms with Crippen LogP contribution in [0.2, 0.25) is 5.02 Å². The van der Waals surface area contributed by atoms with Crippen LogP contribution in [0.4, 0.5) is 5.69 Å². The van der Waals surface area contributed by atoms with Crippen molar-refractivity contribution in [1.29, 1.82) is 0 Å². The molecule has 0 bridgehead atoms. The molecule has 4 aromatic carbocycles. The molecule has 7 nitrogen and oxygen atoms in total. The average Bonchev–Trinajstić information content (AvgIpc) is 3.24. The zero-order valence-electron chi connectivity index (χ0n) is 21.8. The summed E-state index contributed by atoms with van der Waals surface area (Å²) in [5.74, 6) is -1.58. The summed E-state index contributed by atoms with van der Waals surface area (Å²) in [6, 6.07) is 25.4. The van der Waals surface area contributed by atoms with E-state index < -0.39 is 17.7 Å². The number of anilines is 1. The predicted molar refractivity (Wildman–Crippen MR) is 153 cm³/mol. The first kappa shape index (κ1) is 26.8. The van der Waals surface area contributed by atoms with E-state index in [1.54, 1.807) is 48.5 Å². The van der Waals surface area contributed by atoms with Crippen molar-refractivity contribution >= 4 is 34.7 Å². The Bertz CT molecular complexity index is 1620. The van der Waals surface area contributed by atoms with Crippen molar-refractivity contribution in [2.75, 3.05) is 12.0 Å². The van der Waals surface area contributed by atoms with Gasteiger partial charge in [-0.1, -0.05) is 60.1 Å². The Kier molecular flexibility index (Phi) is 7.49. The van der Waals surface area contributed by atoms with Gasteiger partial charge in [0.05, 0.1) is 23.7 Å². The van der Waals surface area contributed by atoms with Gasteiger partial charge in [-0.05, 0) is 66.1 Å². The number of aliphatic hydroxyl groups excluding tert-OH is 1. The van der Waals surface area contributed by atoms with Gasteiger partial charge in [-0.15, -0.1) is 0 Å². The maximum absolute atomic E-state index is 13.5. The monoisotopic (exact) mass is 555 g/mol. The fourth-order valence-corrected chi connectivity index (χ4v) is 4.98. The van der Waals surface area contributed by atoms with Crippen LogP contribution < -0.4 is 14.4 Å². The number of methoxy groups -OCH3 is 1. The number of nitrogens with zero attached hydrogens (tertiary/aromatic N) is 1. The first-order valence-corrected chi connectivity index (χ1v) is 12.9. The van der Waals surface area contributed by atoms with Gasteiger partial charge in [-0.25, -0.2) is 0 Å². The van der Waals surface area contributed by atoms with E-state index >= 15 is 0 Å². The second-order valence-corrected chi connectivity index (χ2v) is 9.72. The Labute approximate surface area is 236 Å². The predicted octanol–water partition coefficient (Wildman–Crippen LogP) is 6.57. The number of para-hydroxylation sites is 1. The molecule has 1 heterocycles. The number of benzene rings is 4. The highest BCUT2D eigenvalue weighted by Gasteiger charge is 2.47. The molecular weight excluding hydrogens is 530 g/mol. The molecule has 1 aliphatic rings. The van der Waals surface area contributed by atoms with Crippen molar-refractivity contribution in [1.82, 2.24) is 0 Å². The van der Waals surface area contributed by atoms with E-state index in [2.05, 4.69) is 0 Å². The number of hydrogen-bond donors (Lipinski definition) is 2. The first-order valence-electron chi connectivity index (χ1n) is 12.5. The summed E-state index contributed by atoms with van der Waals surface area (Å²) < 4.78 is 11.2. The number of Topliss-reactive ketones (excluding diaryl/α,β-unsaturated/α-hetero) is 1. The Morgan fingerprint density at radius 1 is 0.925 bits per heavy atom. The van der Waals surface area contributed by atoms with E-state index in [0.717, 1.165) is 11.1 Å². The highest BCUT2D eigenvalue weighted by atomic mass is 35.5. The van der Waals surface area contributed by atoms with Crippen molar-refractivity contribution in [2.24, 2.45) is 0 Å². The SMILES string of the molecule is COc1cc(C2/C(=C(\O)c3ccc(OCc4ccccc4)c(C)c3)C(=O)C(=O)N2c2ccccc2)cc(Cl)c1O. The van der Waals surface area contributed by atoms with Gasteiger partial charge in [0.2, 0.25) is 0 Å². The second kappa shape index (κ2) is 11.2. The summed E-state index contributed by atoms with van der Waals surface area (Å²) in [6.07, 6.45) is 0. The molecule has 0 aliphatic carbocycles. The number of phenolic OH excluding ortho intramolecular Hbond substituents is 1. The normalized spacial score (nSPS) is 16.3. The summed E-state index contributed by atoms with van der Waals surface area (Å²) in [5.41, 5.74) is 2.81. The van der Waals surface area contributed by atoms with Gasteiger partial charge in [0.15, 0.2) is 11.5 Å². The standard InChI is InChI=1S/C32H26ClNO6/c1-19-15-21(13-14-25(19)40-18-20-9-5-3-6-10-20)29(35)27-28(22-16-24(33)30(36)26(17-22)39-2)34(32(38)31(27)37)23-11-7-4-8-12-23/h3-17,28,35-36H,18H2,1-2H3/b29-27+. The van der Waals surface area contributed by atoms with Gasteiger partial charge in [-0.2, -0.15) is 0 Å². The largest absolute Gasteiger partial charge is 0.507 e. The van der Waals surface area contributed by atoms with Gasteiger partial charge in [-0.3, -0.25) is 14.5 Å². The molecule has 1 atom stereocenters. The quantitative estimate of drug-likeness (QED) is 0.152. The topological polar surface area (TPSA) is 96.3 Å². The van der Waals surface area contributed by atoms with Crippen LogP contribution in [-0.2, 0) is 16.2 Å². The molecule has 202 valence electrons. The first-order chi connectivity index (χ1) is 19.3. The summed E-state index contributed by atoms with van der Waals surface area (Å²) in [7, 11) is 1.37. The number of carbonyl (C=O) groups excluding carboxylic acids is 2. The lowest BCUT2D eigenvalue weighted by molar-refractivity contribution is -0.132. The van der Waals surface area contributed by atoms with E-state index in [1.807, 2.05) is 37.3 Å². The van der Waals surface area contributed by atoms with Crippen LogP contribution >= 0.6 is 11.6 Å². The lowest BCUT2D eigenvalue weighted by atomic mass is 9.94. The number of halogens is 1. The smallest absolute Gasteiger partial charge is 0.300 e. The van der Waals surface area contributed by atoms with Gasteiger partial charge in [0.25, 0.3) is 11.7 Å². The summed E-state index contributed by atoms with van der Waals surface area (Å²) in [5, 5.41) is 21.8. The number of rotatable bonds is 7. The minimum absolute atomic E-state index is 0.0243. The highest BCUT2D eigenvalue weighted by molar-refractivity contribution is 6.51. The number of amides is 1. The second-order valence-electron chi connectivity index (χ2n) is 9.31. The third kappa shape index (κ3) is 4.99. The number of aliphatic hydroxyl groups is 1. The van der Waals surface area contributed by atoms with E-state index in [0.29, 0.717) is 29.2 Å². The van der Waals surface area contributed by atoms with Crippen LogP contribution in [0.25, 0.3) is 5.76 Å². The molecular formula is C32H26ClNO6.